The van der Waals surface area contributed by atoms with Crippen LogP contribution in [0, 0.1) is 0 Å². The van der Waals surface area contributed by atoms with Crippen molar-refractivity contribution in [3.05, 3.63) is 29.8 Å². The van der Waals surface area contributed by atoms with Crippen molar-refractivity contribution in [2.24, 2.45) is 0 Å². The fraction of sp³-hybridized carbons (Fsp3) is 0.500. The van der Waals surface area contributed by atoms with Gasteiger partial charge in [0.25, 0.3) is 0 Å². The summed E-state index contributed by atoms with van der Waals surface area (Å²) in [6.07, 6.45) is 2.94. The van der Waals surface area contributed by atoms with Gasteiger partial charge < -0.3 is 9.84 Å². The maximum Gasteiger partial charge on any atom is 0.119 e. The number of benzene rings is 1. The van der Waals surface area contributed by atoms with E-state index in [9.17, 15) is 0 Å². The Morgan fingerprint density at radius 2 is 2.21 bits per heavy atom. The molecule has 1 N–H and O–H groups in total. The first-order valence-corrected chi connectivity index (χ1v) is 5.19. The van der Waals surface area contributed by atoms with Gasteiger partial charge in [-0.15, -0.1) is 0 Å². The molecule has 0 saturated carbocycles. The molecule has 2 nitrogen and oxygen atoms in total. The van der Waals surface area contributed by atoms with E-state index in [0.717, 1.165) is 18.6 Å². The molecule has 0 amide bonds. The predicted molar refractivity (Wildman–Crippen MR) is 57.6 cm³/mol. The van der Waals surface area contributed by atoms with Gasteiger partial charge in [-0.1, -0.05) is 25.5 Å². The van der Waals surface area contributed by atoms with Crippen LogP contribution in [-0.2, 0) is 6.42 Å². The summed E-state index contributed by atoms with van der Waals surface area (Å²) in [4.78, 5) is 0. The first-order chi connectivity index (χ1) is 6.86. The lowest BCUT2D eigenvalue weighted by molar-refractivity contribution is 0.233. The van der Waals surface area contributed by atoms with Crippen LogP contribution in [0.2, 0.25) is 0 Å². The lowest BCUT2D eigenvalue weighted by Crippen LogP contribution is -1.99. The van der Waals surface area contributed by atoms with Crippen LogP contribution in [0.25, 0.3) is 0 Å². The number of hydrogen-bond donors (Lipinski definition) is 1. The topological polar surface area (TPSA) is 29.5 Å². The molecule has 0 aliphatic rings. The average molecular weight is 194 g/mol. The van der Waals surface area contributed by atoms with Gasteiger partial charge >= 0.3 is 0 Å². The van der Waals surface area contributed by atoms with Crippen molar-refractivity contribution in [1.29, 1.82) is 0 Å². The second-order valence-electron chi connectivity index (χ2n) is 3.32. The van der Waals surface area contributed by atoms with Crippen LogP contribution < -0.4 is 4.74 Å². The quantitative estimate of drug-likeness (QED) is 0.705. The van der Waals surface area contributed by atoms with E-state index in [1.165, 1.54) is 5.56 Å². The Kier molecular flexibility index (Phi) is 5.08. The SMILES string of the molecule is CCCc1cccc(OCCCO)c1. The molecule has 0 bridgehead atoms. The zero-order valence-electron chi connectivity index (χ0n) is 8.70. The number of aryl methyl sites for hydroxylation is 1. The van der Waals surface area contributed by atoms with Crippen molar-refractivity contribution in [2.45, 2.75) is 26.2 Å². The Balaban J connectivity index is 2.46. The Morgan fingerprint density at radius 1 is 1.36 bits per heavy atom. The minimum absolute atomic E-state index is 0.189. The Bertz CT molecular complexity index is 258. The molecule has 78 valence electrons. The fourth-order valence-corrected chi connectivity index (χ4v) is 1.33. The highest BCUT2D eigenvalue weighted by Crippen LogP contribution is 2.14. The van der Waals surface area contributed by atoms with Gasteiger partial charge in [0, 0.05) is 13.0 Å². The molecular weight excluding hydrogens is 176 g/mol. The zero-order chi connectivity index (χ0) is 10.2. The summed E-state index contributed by atoms with van der Waals surface area (Å²) >= 11 is 0. The van der Waals surface area contributed by atoms with Crippen molar-refractivity contribution >= 4 is 0 Å². The third-order valence-electron chi connectivity index (χ3n) is 2.01. The van der Waals surface area contributed by atoms with Crippen LogP contribution >= 0.6 is 0 Å². The summed E-state index contributed by atoms with van der Waals surface area (Å²) in [5, 5.41) is 8.60. The van der Waals surface area contributed by atoms with E-state index in [0.29, 0.717) is 13.0 Å². The average Bonchev–Trinajstić information content (AvgIpc) is 2.19. The summed E-state index contributed by atoms with van der Waals surface area (Å²) in [6.45, 7) is 2.94. The summed E-state index contributed by atoms with van der Waals surface area (Å²) in [5.41, 5.74) is 1.31. The molecule has 0 fully saturated rings. The van der Waals surface area contributed by atoms with Gasteiger partial charge in [-0.2, -0.15) is 0 Å². The lowest BCUT2D eigenvalue weighted by Gasteiger charge is -2.06. The highest BCUT2D eigenvalue weighted by atomic mass is 16.5. The second kappa shape index (κ2) is 6.44. The third kappa shape index (κ3) is 3.79. The van der Waals surface area contributed by atoms with Gasteiger partial charge in [-0.25, -0.2) is 0 Å². The molecule has 1 aromatic carbocycles. The molecule has 0 heterocycles. The van der Waals surface area contributed by atoms with Crippen LogP contribution in [0.5, 0.6) is 5.75 Å². The molecule has 0 saturated heterocycles. The van der Waals surface area contributed by atoms with E-state index in [4.69, 9.17) is 9.84 Å². The Labute approximate surface area is 85.5 Å². The molecule has 14 heavy (non-hydrogen) atoms. The second-order valence-corrected chi connectivity index (χ2v) is 3.32. The smallest absolute Gasteiger partial charge is 0.119 e. The normalized spacial score (nSPS) is 10.1. The molecule has 0 aliphatic carbocycles. The van der Waals surface area contributed by atoms with E-state index in [2.05, 4.69) is 19.1 Å². The van der Waals surface area contributed by atoms with E-state index >= 15 is 0 Å². The molecule has 0 unspecified atom stereocenters. The molecule has 0 spiro atoms. The van der Waals surface area contributed by atoms with E-state index in [-0.39, 0.29) is 6.61 Å². The standard InChI is InChI=1S/C12H18O2/c1-2-5-11-6-3-7-12(10-11)14-9-4-8-13/h3,6-7,10,13H,2,4-5,8-9H2,1H3. The number of hydrogen-bond acceptors (Lipinski definition) is 2. The first kappa shape index (κ1) is 11.1. The summed E-state index contributed by atoms with van der Waals surface area (Å²) in [5.74, 6) is 0.907. The van der Waals surface area contributed by atoms with Crippen LogP contribution in [-0.4, -0.2) is 18.3 Å². The summed E-state index contributed by atoms with van der Waals surface area (Å²) in [7, 11) is 0. The number of ether oxygens (including phenoxy) is 1. The van der Waals surface area contributed by atoms with Crippen LogP contribution in [0.1, 0.15) is 25.3 Å². The van der Waals surface area contributed by atoms with Gasteiger partial charge in [0.1, 0.15) is 5.75 Å². The minimum atomic E-state index is 0.189. The molecule has 2 heteroatoms. The third-order valence-corrected chi connectivity index (χ3v) is 2.01. The van der Waals surface area contributed by atoms with Gasteiger partial charge in [0.05, 0.1) is 6.61 Å². The van der Waals surface area contributed by atoms with Crippen molar-refractivity contribution in [2.75, 3.05) is 13.2 Å². The maximum absolute atomic E-state index is 8.60. The van der Waals surface area contributed by atoms with Gasteiger partial charge in [0.15, 0.2) is 0 Å². The lowest BCUT2D eigenvalue weighted by atomic mass is 10.1. The maximum atomic E-state index is 8.60. The van der Waals surface area contributed by atoms with E-state index in [1.807, 2.05) is 12.1 Å². The number of rotatable bonds is 6. The molecule has 0 aromatic heterocycles. The molecule has 0 aliphatic heterocycles. The fourth-order valence-electron chi connectivity index (χ4n) is 1.33. The van der Waals surface area contributed by atoms with Crippen molar-refractivity contribution < 1.29 is 9.84 Å². The molecule has 0 radical (unpaired) electrons. The minimum Gasteiger partial charge on any atom is -0.493 e. The Morgan fingerprint density at radius 3 is 2.93 bits per heavy atom. The van der Waals surface area contributed by atoms with Crippen molar-refractivity contribution in [3.8, 4) is 5.75 Å². The van der Waals surface area contributed by atoms with Crippen LogP contribution in [0.4, 0.5) is 0 Å². The molecule has 0 atom stereocenters. The molecule has 1 aromatic rings. The monoisotopic (exact) mass is 194 g/mol. The van der Waals surface area contributed by atoms with E-state index < -0.39 is 0 Å². The largest absolute Gasteiger partial charge is 0.493 e. The molecular formula is C12H18O2. The number of aliphatic hydroxyl groups excluding tert-OH is 1. The van der Waals surface area contributed by atoms with Gasteiger partial charge in [-0.05, 0) is 24.1 Å². The van der Waals surface area contributed by atoms with Crippen molar-refractivity contribution in [3.63, 3.8) is 0 Å². The highest BCUT2D eigenvalue weighted by molar-refractivity contribution is 5.28. The van der Waals surface area contributed by atoms with Gasteiger partial charge in [0.2, 0.25) is 0 Å². The summed E-state index contributed by atoms with van der Waals surface area (Å²) < 4.78 is 5.47. The van der Waals surface area contributed by atoms with Crippen LogP contribution in [0.3, 0.4) is 0 Å². The first-order valence-electron chi connectivity index (χ1n) is 5.19. The number of aliphatic hydroxyl groups is 1. The Hall–Kier alpha value is -1.02. The van der Waals surface area contributed by atoms with Gasteiger partial charge in [-0.3, -0.25) is 0 Å². The molecule has 1 rings (SSSR count). The predicted octanol–water partition coefficient (Wildman–Crippen LogP) is 2.40. The van der Waals surface area contributed by atoms with E-state index in [1.54, 1.807) is 0 Å². The summed E-state index contributed by atoms with van der Waals surface area (Å²) in [6, 6.07) is 8.15. The zero-order valence-corrected chi connectivity index (χ0v) is 8.70. The van der Waals surface area contributed by atoms with Crippen LogP contribution in [0.15, 0.2) is 24.3 Å². The highest BCUT2D eigenvalue weighted by Gasteiger charge is 1.95. The van der Waals surface area contributed by atoms with Crippen molar-refractivity contribution in [1.82, 2.24) is 0 Å².